The molecule has 0 saturated heterocycles. The van der Waals surface area contributed by atoms with Gasteiger partial charge in [-0.1, -0.05) is 60.7 Å². The standard InChI is InChI=1S/C24H26N2O4S/c1-18(20-11-7-4-8-12-20)26-24(27)21-13-14-22(30-2)23(17-21)31(28,29)25-16-15-19-9-5-3-6-10-19/h3-14,17-18,25H,15-16H2,1-2H3,(H,26,27). The first kappa shape index (κ1) is 22.5. The summed E-state index contributed by atoms with van der Waals surface area (Å²) in [5.74, 6) is -0.181. The molecule has 0 saturated carbocycles. The third-order valence-electron chi connectivity index (χ3n) is 4.91. The van der Waals surface area contributed by atoms with E-state index in [9.17, 15) is 13.2 Å². The van der Waals surface area contributed by atoms with Gasteiger partial charge in [0.05, 0.1) is 13.2 Å². The number of ether oxygens (including phenoxy) is 1. The van der Waals surface area contributed by atoms with Crippen molar-refractivity contribution in [2.24, 2.45) is 0 Å². The number of hydrogen-bond acceptors (Lipinski definition) is 4. The molecular formula is C24H26N2O4S. The summed E-state index contributed by atoms with van der Waals surface area (Å²) >= 11 is 0. The summed E-state index contributed by atoms with van der Waals surface area (Å²) in [5, 5.41) is 2.90. The van der Waals surface area contributed by atoms with Crippen LogP contribution in [0.5, 0.6) is 5.75 Å². The van der Waals surface area contributed by atoms with E-state index in [4.69, 9.17) is 4.74 Å². The molecule has 7 heteroatoms. The second kappa shape index (κ2) is 10.2. The van der Waals surface area contributed by atoms with Crippen LogP contribution < -0.4 is 14.8 Å². The number of benzene rings is 3. The van der Waals surface area contributed by atoms with Crippen molar-refractivity contribution in [3.63, 3.8) is 0 Å². The average Bonchev–Trinajstić information content (AvgIpc) is 2.79. The molecule has 0 bridgehead atoms. The highest BCUT2D eigenvalue weighted by Crippen LogP contribution is 2.25. The number of methoxy groups -OCH3 is 1. The van der Waals surface area contributed by atoms with Crippen LogP contribution in [0.2, 0.25) is 0 Å². The largest absolute Gasteiger partial charge is 0.495 e. The van der Waals surface area contributed by atoms with Crippen molar-refractivity contribution < 1.29 is 17.9 Å². The van der Waals surface area contributed by atoms with Gasteiger partial charge in [0, 0.05) is 12.1 Å². The fourth-order valence-corrected chi connectivity index (χ4v) is 4.41. The molecule has 31 heavy (non-hydrogen) atoms. The molecule has 0 aliphatic carbocycles. The Balaban J connectivity index is 1.75. The molecule has 1 amide bonds. The summed E-state index contributed by atoms with van der Waals surface area (Å²) in [6.45, 7) is 2.11. The van der Waals surface area contributed by atoms with E-state index in [2.05, 4.69) is 10.0 Å². The highest BCUT2D eigenvalue weighted by Gasteiger charge is 2.22. The molecule has 0 spiro atoms. The predicted molar refractivity (Wildman–Crippen MR) is 121 cm³/mol. The monoisotopic (exact) mass is 438 g/mol. The Morgan fingerprint density at radius 1 is 0.968 bits per heavy atom. The molecule has 6 nitrogen and oxygen atoms in total. The zero-order valence-electron chi connectivity index (χ0n) is 17.5. The molecule has 0 heterocycles. The minimum atomic E-state index is -3.86. The Kier molecular flexibility index (Phi) is 7.44. The highest BCUT2D eigenvalue weighted by atomic mass is 32.2. The lowest BCUT2D eigenvalue weighted by atomic mass is 10.1. The van der Waals surface area contributed by atoms with Gasteiger partial charge in [-0.2, -0.15) is 0 Å². The summed E-state index contributed by atoms with van der Waals surface area (Å²) in [4.78, 5) is 12.7. The minimum Gasteiger partial charge on any atom is -0.495 e. The lowest BCUT2D eigenvalue weighted by Gasteiger charge is -2.16. The van der Waals surface area contributed by atoms with Crippen LogP contribution in [0.1, 0.15) is 34.5 Å². The van der Waals surface area contributed by atoms with Crippen LogP contribution in [0.25, 0.3) is 0 Å². The summed E-state index contributed by atoms with van der Waals surface area (Å²) in [5.41, 5.74) is 2.23. The summed E-state index contributed by atoms with van der Waals surface area (Å²) < 4.78 is 33.6. The van der Waals surface area contributed by atoms with E-state index in [0.717, 1.165) is 11.1 Å². The van der Waals surface area contributed by atoms with Gasteiger partial charge in [0.1, 0.15) is 10.6 Å². The molecule has 0 aliphatic rings. The topological polar surface area (TPSA) is 84.5 Å². The molecule has 1 unspecified atom stereocenters. The molecule has 0 aromatic heterocycles. The summed E-state index contributed by atoms with van der Waals surface area (Å²) in [6.07, 6.45) is 0.553. The van der Waals surface area contributed by atoms with Crippen molar-refractivity contribution in [2.45, 2.75) is 24.3 Å². The quantitative estimate of drug-likeness (QED) is 0.533. The molecule has 0 aliphatic heterocycles. The molecule has 3 aromatic carbocycles. The maximum atomic E-state index is 12.9. The van der Waals surface area contributed by atoms with Crippen molar-refractivity contribution >= 4 is 15.9 Å². The number of carbonyl (C=O) groups is 1. The van der Waals surface area contributed by atoms with E-state index in [1.807, 2.05) is 67.6 Å². The first-order chi connectivity index (χ1) is 14.9. The fraction of sp³-hybridized carbons (Fsp3) is 0.208. The van der Waals surface area contributed by atoms with Gasteiger partial charge in [0.25, 0.3) is 5.91 Å². The van der Waals surface area contributed by atoms with E-state index in [1.54, 1.807) is 6.07 Å². The van der Waals surface area contributed by atoms with Crippen molar-refractivity contribution in [1.82, 2.24) is 10.0 Å². The Hall–Kier alpha value is -3.16. The molecule has 0 fully saturated rings. The molecule has 162 valence electrons. The highest BCUT2D eigenvalue weighted by molar-refractivity contribution is 7.89. The van der Waals surface area contributed by atoms with Crippen LogP contribution in [0.3, 0.4) is 0 Å². The molecule has 2 N–H and O–H groups in total. The van der Waals surface area contributed by atoms with Gasteiger partial charge in [0.2, 0.25) is 10.0 Å². The van der Waals surface area contributed by atoms with Crippen LogP contribution in [0.4, 0.5) is 0 Å². The van der Waals surface area contributed by atoms with Crippen LogP contribution >= 0.6 is 0 Å². The van der Waals surface area contributed by atoms with E-state index in [-0.39, 0.29) is 34.7 Å². The van der Waals surface area contributed by atoms with Crippen molar-refractivity contribution in [1.29, 1.82) is 0 Å². The maximum absolute atomic E-state index is 12.9. The van der Waals surface area contributed by atoms with E-state index < -0.39 is 10.0 Å². The second-order valence-electron chi connectivity index (χ2n) is 7.10. The van der Waals surface area contributed by atoms with Gasteiger partial charge in [-0.3, -0.25) is 4.79 Å². The van der Waals surface area contributed by atoms with Crippen molar-refractivity contribution in [3.8, 4) is 5.75 Å². The van der Waals surface area contributed by atoms with Gasteiger partial charge in [0.15, 0.2) is 0 Å². The third-order valence-corrected chi connectivity index (χ3v) is 6.39. The zero-order chi connectivity index (χ0) is 22.3. The average molecular weight is 439 g/mol. The number of amides is 1. The molecular weight excluding hydrogens is 412 g/mol. The van der Waals surface area contributed by atoms with E-state index in [0.29, 0.717) is 6.42 Å². The first-order valence-corrected chi connectivity index (χ1v) is 11.5. The summed E-state index contributed by atoms with van der Waals surface area (Å²) in [6, 6.07) is 23.3. The zero-order valence-corrected chi connectivity index (χ0v) is 18.4. The van der Waals surface area contributed by atoms with Crippen LogP contribution in [0, 0.1) is 0 Å². The molecule has 1 atom stereocenters. The van der Waals surface area contributed by atoms with Gasteiger partial charge in [-0.15, -0.1) is 0 Å². The Morgan fingerprint density at radius 3 is 2.26 bits per heavy atom. The SMILES string of the molecule is COc1ccc(C(=O)NC(C)c2ccccc2)cc1S(=O)(=O)NCCc1ccccc1. The van der Waals surface area contributed by atoms with Crippen molar-refractivity contribution in [3.05, 3.63) is 95.6 Å². The van der Waals surface area contributed by atoms with Crippen molar-refractivity contribution in [2.75, 3.05) is 13.7 Å². The normalized spacial score (nSPS) is 12.2. The lowest BCUT2D eigenvalue weighted by Crippen LogP contribution is -2.28. The Bertz CT molecular complexity index is 1120. The maximum Gasteiger partial charge on any atom is 0.251 e. The smallest absolute Gasteiger partial charge is 0.251 e. The number of nitrogens with one attached hydrogen (secondary N) is 2. The Morgan fingerprint density at radius 2 is 1.61 bits per heavy atom. The fourth-order valence-electron chi connectivity index (χ4n) is 3.19. The third kappa shape index (κ3) is 5.93. The van der Waals surface area contributed by atoms with Crippen LogP contribution in [0.15, 0.2) is 83.8 Å². The van der Waals surface area contributed by atoms with Crippen LogP contribution in [-0.2, 0) is 16.4 Å². The van der Waals surface area contributed by atoms with Gasteiger partial charge < -0.3 is 10.1 Å². The molecule has 0 radical (unpaired) electrons. The lowest BCUT2D eigenvalue weighted by molar-refractivity contribution is 0.0939. The van der Waals surface area contributed by atoms with Gasteiger partial charge >= 0.3 is 0 Å². The molecule has 3 rings (SSSR count). The number of sulfonamides is 1. The second-order valence-corrected chi connectivity index (χ2v) is 8.84. The predicted octanol–water partition coefficient (Wildman–Crippen LogP) is 3.71. The number of carbonyl (C=O) groups excluding carboxylic acids is 1. The van der Waals surface area contributed by atoms with E-state index >= 15 is 0 Å². The van der Waals surface area contributed by atoms with Gasteiger partial charge in [-0.05, 0) is 42.7 Å². The number of rotatable bonds is 9. The minimum absolute atomic E-state index is 0.0666. The van der Waals surface area contributed by atoms with E-state index in [1.165, 1.54) is 19.2 Å². The Labute approximate surface area is 183 Å². The first-order valence-electron chi connectivity index (χ1n) is 9.98. The number of hydrogen-bond donors (Lipinski definition) is 2. The summed E-state index contributed by atoms with van der Waals surface area (Å²) in [7, 11) is -2.47. The van der Waals surface area contributed by atoms with Gasteiger partial charge in [-0.25, -0.2) is 13.1 Å². The van der Waals surface area contributed by atoms with Crippen LogP contribution in [-0.4, -0.2) is 28.0 Å². The molecule has 3 aromatic rings.